The van der Waals surface area contributed by atoms with Crippen molar-refractivity contribution in [2.24, 2.45) is 0 Å². The largest absolute Gasteiger partial charge is 0.360 e. The van der Waals surface area contributed by atoms with E-state index in [1.54, 1.807) is 24.3 Å². The maximum atomic E-state index is 13.0. The molecule has 2 heterocycles. The van der Waals surface area contributed by atoms with Crippen molar-refractivity contribution in [1.82, 2.24) is 4.90 Å². The van der Waals surface area contributed by atoms with Crippen molar-refractivity contribution in [2.45, 2.75) is 31.9 Å². The summed E-state index contributed by atoms with van der Waals surface area (Å²) >= 11 is 14.1. The molecule has 5 aromatic rings. The number of aryl methyl sites for hydroxylation is 1. The quantitative estimate of drug-likeness (QED) is 0.184. The molecule has 1 aromatic heterocycles. The third-order valence-corrected chi connectivity index (χ3v) is 10.0. The van der Waals surface area contributed by atoms with E-state index < -0.39 is 5.60 Å². The Bertz CT molecular complexity index is 1830. The molecule has 8 heteroatoms. The highest BCUT2D eigenvalue weighted by Crippen LogP contribution is 2.39. The maximum absolute atomic E-state index is 13.0. The highest BCUT2D eigenvalue weighted by Gasteiger charge is 2.38. The number of nitrogens with one attached hydrogen (secondary N) is 1. The zero-order chi connectivity index (χ0) is 30.7. The SMILES string of the molecule is Cc1c(CN2CCC(OCC(=O)Nc3cc(Cl)cc(Cl)c3)(c3ccc(-c4cccc(C#N)c4)cc3)CC2)sc2ccccc12. The number of benzene rings is 4. The van der Waals surface area contributed by atoms with E-state index in [2.05, 4.69) is 71.7 Å². The van der Waals surface area contributed by atoms with Crippen molar-refractivity contribution in [2.75, 3.05) is 25.0 Å². The third kappa shape index (κ3) is 6.68. The van der Waals surface area contributed by atoms with E-state index in [1.165, 1.54) is 20.5 Å². The van der Waals surface area contributed by atoms with Crippen molar-refractivity contribution < 1.29 is 9.53 Å². The van der Waals surface area contributed by atoms with Gasteiger partial charge >= 0.3 is 0 Å². The number of ether oxygens (including phenoxy) is 1. The van der Waals surface area contributed by atoms with Crippen LogP contribution in [0.5, 0.6) is 0 Å². The molecule has 0 aliphatic carbocycles. The van der Waals surface area contributed by atoms with Crippen LogP contribution in [0.3, 0.4) is 0 Å². The molecule has 0 radical (unpaired) electrons. The number of thiophene rings is 1. The number of hydrogen-bond acceptors (Lipinski definition) is 5. The number of hydrogen-bond donors (Lipinski definition) is 1. The number of likely N-dealkylation sites (tertiary alicyclic amines) is 1. The number of halogens is 2. The highest BCUT2D eigenvalue weighted by atomic mass is 35.5. The Kier molecular flexibility index (Phi) is 9.04. The Hall–Kier alpha value is -3.70. The minimum Gasteiger partial charge on any atom is -0.360 e. The van der Waals surface area contributed by atoms with E-state index in [4.69, 9.17) is 27.9 Å². The summed E-state index contributed by atoms with van der Waals surface area (Å²) in [5, 5.41) is 14.4. The lowest BCUT2D eigenvalue weighted by molar-refractivity contribution is -0.135. The molecule has 0 saturated carbocycles. The van der Waals surface area contributed by atoms with Gasteiger partial charge in [-0.1, -0.05) is 77.8 Å². The summed E-state index contributed by atoms with van der Waals surface area (Å²) < 4.78 is 7.88. The molecule has 0 spiro atoms. The van der Waals surface area contributed by atoms with Gasteiger partial charge in [0.15, 0.2) is 0 Å². The van der Waals surface area contributed by atoms with E-state index in [0.717, 1.165) is 49.2 Å². The second-order valence-electron chi connectivity index (χ2n) is 11.2. The summed E-state index contributed by atoms with van der Waals surface area (Å²) in [7, 11) is 0. The van der Waals surface area contributed by atoms with Gasteiger partial charge < -0.3 is 10.1 Å². The molecule has 1 N–H and O–H groups in total. The van der Waals surface area contributed by atoms with Crippen LogP contribution in [0.15, 0.2) is 91.0 Å². The van der Waals surface area contributed by atoms with Gasteiger partial charge in [0.05, 0.1) is 17.2 Å². The van der Waals surface area contributed by atoms with Crippen molar-refractivity contribution in [3.05, 3.63) is 123 Å². The lowest BCUT2D eigenvalue weighted by atomic mass is 9.83. The molecule has 0 unspecified atom stereocenters. The Morgan fingerprint density at radius 2 is 1.68 bits per heavy atom. The lowest BCUT2D eigenvalue weighted by Crippen LogP contribution is -2.45. The van der Waals surface area contributed by atoms with Gasteiger partial charge in [-0.3, -0.25) is 9.69 Å². The molecule has 1 aliphatic heterocycles. The first-order chi connectivity index (χ1) is 21.3. The van der Waals surface area contributed by atoms with Crippen LogP contribution in [-0.2, 0) is 21.7 Å². The summed E-state index contributed by atoms with van der Waals surface area (Å²) in [6, 6.07) is 31.6. The van der Waals surface area contributed by atoms with Gasteiger partial charge in [0, 0.05) is 44.9 Å². The number of carbonyl (C=O) groups is 1. The minimum atomic E-state index is -0.623. The topological polar surface area (TPSA) is 65.4 Å². The van der Waals surface area contributed by atoms with Gasteiger partial charge in [-0.25, -0.2) is 0 Å². The van der Waals surface area contributed by atoms with E-state index in [0.29, 0.717) is 21.3 Å². The summed E-state index contributed by atoms with van der Waals surface area (Å²) in [6.45, 7) is 4.68. The van der Waals surface area contributed by atoms with Crippen LogP contribution in [-0.4, -0.2) is 30.5 Å². The molecule has 1 aliphatic rings. The first-order valence-corrected chi connectivity index (χ1v) is 16.1. The monoisotopic (exact) mass is 639 g/mol. The maximum Gasteiger partial charge on any atom is 0.250 e. The third-order valence-electron chi connectivity index (χ3n) is 8.34. The minimum absolute atomic E-state index is 0.106. The number of fused-ring (bicyclic) bond motifs is 1. The number of piperidine rings is 1. The Labute approximate surface area is 271 Å². The first-order valence-electron chi connectivity index (χ1n) is 14.5. The molecule has 1 fully saturated rings. The van der Waals surface area contributed by atoms with Crippen LogP contribution >= 0.6 is 34.5 Å². The fraction of sp³-hybridized carbons (Fsp3) is 0.222. The number of amides is 1. The van der Waals surface area contributed by atoms with Crippen molar-refractivity contribution in [1.29, 1.82) is 5.26 Å². The van der Waals surface area contributed by atoms with E-state index in [-0.39, 0.29) is 12.5 Å². The van der Waals surface area contributed by atoms with Crippen molar-refractivity contribution in [3.63, 3.8) is 0 Å². The second kappa shape index (κ2) is 13.1. The van der Waals surface area contributed by atoms with Crippen LogP contribution in [0.4, 0.5) is 5.69 Å². The van der Waals surface area contributed by atoms with Crippen molar-refractivity contribution >= 4 is 56.2 Å². The Morgan fingerprint density at radius 3 is 2.39 bits per heavy atom. The van der Waals surface area contributed by atoms with Gasteiger partial charge in [-0.05, 0) is 83.8 Å². The molecule has 222 valence electrons. The fourth-order valence-electron chi connectivity index (χ4n) is 5.93. The van der Waals surface area contributed by atoms with Gasteiger partial charge in [0.1, 0.15) is 6.61 Å². The highest BCUT2D eigenvalue weighted by molar-refractivity contribution is 7.19. The number of anilines is 1. The van der Waals surface area contributed by atoms with Crippen LogP contribution in [0.25, 0.3) is 21.2 Å². The molecule has 1 amide bonds. The van der Waals surface area contributed by atoms with Crippen LogP contribution in [0.1, 0.15) is 34.4 Å². The van der Waals surface area contributed by atoms with E-state index in [9.17, 15) is 10.1 Å². The smallest absolute Gasteiger partial charge is 0.250 e. The van der Waals surface area contributed by atoms with E-state index in [1.807, 2.05) is 29.5 Å². The van der Waals surface area contributed by atoms with Crippen LogP contribution in [0.2, 0.25) is 10.0 Å². The van der Waals surface area contributed by atoms with Gasteiger partial charge in [0.25, 0.3) is 0 Å². The predicted octanol–water partition coefficient (Wildman–Crippen LogP) is 9.20. The summed E-state index contributed by atoms with van der Waals surface area (Å²) in [5.74, 6) is -0.268. The normalized spacial score (nSPS) is 14.8. The number of nitrogens with zero attached hydrogens (tertiary/aromatic N) is 2. The molecule has 0 atom stereocenters. The number of rotatable bonds is 8. The molecule has 4 aromatic carbocycles. The average Bonchev–Trinajstić information content (AvgIpc) is 3.35. The predicted molar refractivity (Wildman–Crippen MR) is 180 cm³/mol. The molecule has 6 rings (SSSR count). The molecule has 44 heavy (non-hydrogen) atoms. The summed E-state index contributed by atoms with van der Waals surface area (Å²) in [5.41, 5.74) is 4.93. The fourth-order valence-corrected chi connectivity index (χ4v) is 7.71. The number of nitriles is 1. The van der Waals surface area contributed by atoms with Crippen molar-refractivity contribution in [3.8, 4) is 17.2 Å². The molecule has 5 nitrogen and oxygen atoms in total. The van der Waals surface area contributed by atoms with Gasteiger partial charge in [-0.2, -0.15) is 5.26 Å². The molecular formula is C36H31Cl2N3O2S. The number of carbonyl (C=O) groups excluding carboxylic acids is 1. The molecular weight excluding hydrogens is 609 g/mol. The van der Waals surface area contributed by atoms with Crippen LogP contribution in [0, 0.1) is 18.3 Å². The van der Waals surface area contributed by atoms with Gasteiger partial charge in [0.2, 0.25) is 5.91 Å². The first kappa shape index (κ1) is 30.3. The van der Waals surface area contributed by atoms with Crippen LogP contribution < -0.4 is 5.32 Å². The molecule has 1 saturated heterocycles. The zero-order valence-electron chi connectivity index (χ0n) is 24.3. The standard InChI is InChI=1S/C36H31Cl2N3O2S/c1-24-32-7-2-3-8-33(32)44-34(24)22-41-15-13-36(14-16-41,43-23-35(42)40-31-19-29(37)18-30(38)20-31)28-11-9-26(10-12-28)27-6-4-5-25(17-27)21-39/h2-12,17-20H,13-16,22-23H2,1H3,(H,40,42). The Morgan fingerprint density at radius 1 is 0.955 bits per heavy atom. The lowest BCUT2D eigenvalue weighted by Gasteiger charge is -2.42. The Balaban J connectivity index is 1.21. The second-order valence-corrected chi connectivity index (χ2v) is 13.2. The summed E-state index contributed by atoms with van der Waals surface area (Å²) in [4.78, 5) is 16.9. The molecule has 0 bridgehead atoms. The van der Waals surface area contributed by atoms with E-state index >= 15 is 0 Å². The average molecular weight is 641 g/mol. The summed E-state index contributed by atoms with van der Waals surface area (Å²) in [6.07, 6.45) is 1.49. The van der Waals surface area contributed by atoms with Gasteiger partial charge in [-0.15, -0.1) is 11.3 Å². The zero-order valence-corrected chi connectivity index (χ0v) is 26.6.